The van der Waals surface area contributed by atoms with E-state index in [9.17, 15) is 4.79 Å². The molecule has 0 bridgehead atoms. The van der Waals surface area contributed by atoms with Crippen molar-refractivity contribution in [3.63, 3.8) is 0 Å². The first kappa shape index (κ1) is 21.5. The summed E-state index contributed by atoms with van der Waals surface area (Å²) in [5, 5.41) is 6.55. The number of halogens is 2. The molecule has 6 nitrogen and oxygen atoms in total. The number of nitrogens with two attached hydrogens (primary N) is 1. The first-order valence-electron chi connectivity index (χ1n) is 9.14. The minimum absolute atomic E-state index is 0.305. The minimum Gasteiger partial charge on any atom is -0.494 e. The number of pyridine rings is 1. The predicted molar refractivity (Wildman–Crippen MR) is 124 cm³/mol. The van der Waals surface area contributed by atoms with Gasteiger partial charge in [-0.2, -0.15) is 0 Å². The lowest BCUT2D eigenvalue weighted by atomic mass is 10.2. The van der Waals surface area contributed by atoms with Crippen molar-refractivity contribution in [2.45, 2.75) is 6.92 Å². The molecule has 0 saturated heterocycles. The summed E-state index contributed by atoms with van der Waals surface area (Å²) in [6.07, 6.45) is 4.72. The van der Waals surface area contributed by atoms with E-state index in [-0.39, 0.29) is 5.91 Å². The van der Waals surface area contributed by atoms with Gasteiger partial charge in [0.25, 0.3) is 0 Å². The highest BCUT2D eigenvalue weighted by molar-refractivity contribution is 6.42. The number of nitrogen functional groups attached to an aromatic ring is 1. The molecule has 2 aromatic carbocycles. The molecule has 0 atom stereocenters. The van der Waals surface area contributed by atoms with Crippen LogP contribution in [0.5, 0.6) is 5.75 Å². The molecule has 1 amide bonds. The Morgan fingerprint density at radius 2 is 1.90 bits per heavy atom. The molecule has 0 saturated carbocycles. The number of nitrogens with one attached hydrogen (secondary N) is 2. The average molecular weight is 443 g/mol. The van der Waals surface area contributed by atoms with Gasteiger partial charge in [0, 0.05) is 23.5 Å². The Morgan fingerprint density at radius 1 is 1.17 bits per heavy atom. The lowest BCUT2D eigenvalue weighted by molar-refractivity contribution is -0.111. The van der Waals surface area contributed by atoms with Crippen molar-refractivity contribution in [2.75, 3.05) is 23.0 Å². The second-order valence-electron chi connectivity index (χ2n) is 6.20. The van der Waals surface area contributed by atoms with Gasteiger partial charge in [-0.3, -0.25) is 4.79 Å². The average Bonchev–Trinajstić information content (AvgIpc) is 2.73. The first-order valence-corrected chi connectivity index (χ1v) is 9.90. The molecule has 0 fully saturated rings. The summed E-state index contributed by atoms with van der Waals surface area (Å²) in [5.74, 6) is 1.04. The van der Waals surface area contributed by atoms with Gasteiger partial charge >= 0.3 is 0 Å². The fourth-order valence-corrected chi connectivity index (χ4v) is 2.94. The third-order valence-electron chi connectivity index (χ3n) is 4.03. The Labute approximate surface area is 184 Å². The van der Waals surface area contributed by atoms with Gasteiger partial charge in [-0.15, -0.1) is 0 Å². The summed E-state index contributed by atoms with van der Waals surface area (Å²) >= 11 is 11.9. The monoisotopic (exact) mass is 442 g/mol. The molecule has 3 rings (SSSR count). The molecule has 0 aliphatic rings. The fraction of sp³-hybridized carbons (Fsp3) is 0.0909. The molecule has 154 valence electrons. The maximum atomic E-state index is 12.3. The number of hydrogen-bond acceptors (Lipinski definition) is 5. The van der Waals surface area contributed by atoms with Crippen molar-refractivity contribution < 1.29 is 9.53 Å². The number of aromatic nitrogens is 1. The van der Waals surface area contributed by atoms with Crippen LogP contribution in [-0.4, -0.2) is 17.5 Å². The zero-order valence-electron chi connectivity index (χ0n) is 16.2. The van der Waals surface area contributed by atoms with E-state index in [1.54, 1.807) is 18.3 Å². The summed E-state index contributed by atoms with van der Waals surface area (Å²) < 4.78 is 5.45. The van der Waals surface area contributed by atoms with Gasteiger partial charge in [0.15, 0.2) is 0 Å². The molecule has 1 aromatic heterocycles. The summed E-state index contributed by atoms with van der Waals surface area (Å²) in [4.78, 5) is 16.7. The van der Waals surface area contributed by atoms with E-state index in [2.05, 4.69) is 15.6 Å². The standard InChI is InChI=1S/C22H20Cl2N4O2/c1-2-30-16-8-6-15(7-9-16)27-22-14(4-3-11-26-22)5-10-21(29)28-20-13-18(24)17(23)12-19(20)25/h3-13H,2,25H2,1H3,(H,26,27)(H,28,29)/b10-5+. The summed E-state index contributed by atoms with van der Waals surface area (Å²) in [6.45, 7) is 2.54. The van der Waals surface area contributed by atoms with Crippen LogP contribution in [0.2, 0.25) is 10.0 Å². The van der Waals surface area contributed by atoms with Crippen molar-refractivity contribution in [2.24, 2.45) is 0 Å². The maximum Gasteiger partial charge on any atom is 0.248 e. The van der Waals surface area contributed by atoms with Crippen LogP contribution in [0.4, 0.5) is 22.9 Å². The van der Waals surface area contributed by atoms with Crippen molar-refractivity contribution in [3.05, 3.63) is 76.4 Å². The second-order valence-corrected chi connectivity index (χ2v) is 7.01. The highest BCUT2D eigenvalue weighted by atomic mass is 35.5. The van der Waals surface area contributed by atoms with E-state index >= 15 is 0 Å². The summed E-state index contributed by atoms with van der Waals surface area (Å²) in [7, 11) is 0. The Bertz CT molecular complexity index is 1070. The van der Waals surface area contributed by atoms with Crippen LogP contribution in [0.15, 0.2) is 60.8 Å². The molecule has 0 unspecified atom stereocenters. The minimum atomic E-state index is -0.365. The van der Waals surface area contributed by atoms with Crippen molar-refractivity contribution in [1.82, 2.24) is 4.98 Å². The first-order chi connectivity index (χ1) is 14.5. The van der Waals surface area contributed by atoms with Crippen LogP contribution in [0.25, 0.3) is 6.08 Å². The summed E-state index contributed by atoms with van der Waals surface area (Å²) in [6, 6.07) is 14.2. The van der Waals surface area contributed by atoms with E-state index in [1.165, 1.54) is 18.2 Å². The van der Waals surface area contributed by atoms with E-state index in [0.717, 1.165) is 17.0 Å². The molecule has 30 heavy (non-hydrogen) atoms. The number of benzene rings is 2. The Hall–Kier alpha value is -3.22. The zero-order valence-corrected chi connectivity index (χ0v) is 17.7. The van der Waals surface area contributed by atoms with E-state index in [4.69, 9.17) is 33.7 Å². The van der Waals surface area contributed by atoms with Gasteiger partial charge in [-0.25, -0.2) is 4.98 Å². The number of carbonyl (C=O) groups is 1. The number of hydrogen-bond donors (Lipinski definition) is 3. The summed E-state index contributed by atoms with van der Waals surface area (Å²) in [5.41, 5.74) is 8.17. The Kier molecular flexibility index (Phi) is 7.17. The number of anilines is 4. The van der Waals surface area contributed by atoms with Crippen LogP contribution in [0.1, 0.15) is 12.5 Å². The molecule has 0 spiro atoms. The molecule has 4 N–H and O–H groups in total. The largest absolute Gasteiger partial charge is 0.494 e. The van der Waals surface area contributed by atoms with Crippen LogP contribution in [0, 0.1) is 0 Å². The van der Waals surface area contributed by atoms with Crippen molar-refractivity contribution >= 4 is 58.1 Å². The smallest absolute Gasteiger partial charge is 0.248 e. The Morgan fingerprint density at radius 3 is 2.63 bits per heavy atom. The van der Waals surface area contributed by atoms with Crippen molar-refractivity contribution in [3.8, 4) is 5.75 Å². The fourth-order valence-electron chi connectivity index (χ4n) is 2.60. The molecule has 1 heterocycles. The molecule has 0 aliphatic heterocycles. The molecule has 0 aliphatic carbocycles. The molecular formula is C22H20Cl2N4O2. The van der Waals surface area contributed by atoms with Crippen LogP contribution in [0.3, 0.4) is 0 Å². The number of ether oxygens (including phenoxy) is 1. The van der Waals surface area contributed by atoms with Gasteiger partial charge in [-0.1, -0.05) is 23.2 Å². The normalized spacial score (nSPS) is 10.8. The van der Waals surface area contributed by atoms with E-state index in [0.29, 0.717) is 33.8 Å². The lowest BCUT2D eigenvalue weighted by Gasteiger charge is -2.10. The topological polar surface area (TPSA) is 89.3 Å². The number of amides is 1. The number of rotatable bonds is 7. The molecule has 0 radical (unpaired) electrons. The highest BCUT2D eigenvalue weighted by Gasteiger charge is 2.08. The lowest BCUT2D eigenvalue weighted by Crippen LogP contribution is -2.09. The Balaban J connectivity index is 1.71. The molecular weight excluding hydrogens is 423 g/mol. The second kappa shape index (κ2) is 10.0. The third-order valence-corrected chi connectivity index (χ3v) is 4.75. The molecule has 8 heteroatoms. The van der Waals surface area contributed by atoms with Crippen molar-refractivity contribution in [1.29, 1.82) is 0 Å². The van der Waals surface area contributed by atoms with Crippen LogP contribution in [-0.2, 0) is 4.79 Å². The van der Waals surface area contributed by atoms with Gasteiger partial charge < -0.3 is 21.1 Å². The van der Waals surface area contributed by atoms with Crippen LogP contribution < -0.4 is 21.1 Å². The highest BCUT2D eigenvalue weighted by Crippen LogP contribution is 2.30. The van der Waals surface area contributed by atoms with E-state index in [1.807, 2.05) is 37.3 Å². The van der Waals surface area contributed by atoms with Gasteiger partial charge in [-0.05, 0) is 61.5 Å². The van der Waals surface area contributed by atoms with Gasteiger partial charge in [0.1, 0.15) is 11.6 Å². The SMILES string of the molecule is CCOc1ccc(Nc2ncccc2/C=C/C(=O)Nc2cc(Cl)c(Cl)cc2N)cc1. The predicted octanol–water partition coefficient (Wildman–Crippen LogP) is 5.76. The van der Waals surface area contributed by atoms with Gasteiger partial charge in [0.05, 0.1) is 28.0 Å². The van der Waals surface area contributed by atoms with Crippen LogP contribution >= 0.6 is 23.2 Å². The van der Waals surface area contributed by atoms with E-state index < -0.39 is 0 Å². The van der Waals surface area contributed by atoms with Gasteiger partial charge in [0.2, 0.25) is 5.91 Å². The maximum absolute atomic E-state index is 12.3. The quantitative estimate of drug-likeness (QED) is 0.319. The molecule has 3 aromatic rings. The number of nitrogens with zero attached hydrogens (tertiary/aromatic N) is 1. The third kappa shape index (κ3) is 5.65. The number of carbonyl (C=O) groups excluding carboxylic acids is 1. The zero-order chi connectivity index (χ0) is 21.5.